The van der Waals surface area contributed by atoms with Crippen molar-refractivity contribution in [1.82, 2.24) is 15.0 Å². The zero-order valence-corrected chi connectivity index (χ0v) is 13.0. The molecule has 0 N–H and O–H groups in total. The van der Waals surface area contributed by atoms with Gasteiger partial charge in [-0.3, -0.25) is 0 Å². The Balaban J connectivity index is 2.78. The first-order valence-corrected chi connectivity index (χ1v) is 7.95. The number of carbonyl (C=O) groups is 1. The summed E-state index contributed by atoms with van der Waals surface area (Å²) in [5.74, 6) is 2.05. The zero-order valence-electron chi connectivity index (χ0n) is 12.2. The number of aromatic nitrogens is 3. The highest BCUT2D eigenvalue weighted by molar-refractivity contribution is 7.99. The molecule has 1 heterocycles. The molecule has 0 unspecified atom stereocenters. The standard InChI is InChI=1S/C13H23N3O2S/c1-5-18-13(17)11-12(10(3)4)16(15-14-11)8-7-9-19-6-2/h10H,5-9H2,1-4H3. The number of carbonyl (C=O) groups excluding carboxylic acids is 1. The number of hydrogen-bond donors (Lipinski definition) is 0. The summed E-state index contributed by atoms with van der Waals surface area (Å²) in [6.45, 7) is 9.18. The summed E-state index contributed by atoms with van der Waals surface area (Å²) >= 11 is 1.91. The van der Waals surface area contributed by atoms with Gasteiger partial charge in [0.15, 0.2) is 5.69 Å². The third-order valence-corrected chi connectivity index (χ3v) is 3.64. The van der Waals surface area contributed by atoms with Gasteiger partial charge in [-0.05, 0) is 30.8 Å². The van der Waals surface area contributed by atoms with E-state index >= 15 is 0 Å². The van der Waals surface area contributed by atoms with E-state index in [0.717, 1.165) is 30.2 Å². The van der Waals surface area contributed by atoms with Crippen molar-refractivity contribution in [3.63, 3.8) is 0 Å². The van der Waals surface area contributed by atoms with Crippen molar-refractivity contribution in [3.8, 4) is 0 Å². The molecule has 0 radical (unpaired) electrons. The Kier molecular flexibility index (Phi) is 6.91. The number of thioether (sulfide) groups is 1. The Bertz CT molecular complexity index is 405. The summed E-state index contributed by atoms with van der Waals surface area (Å²) in [5.41, 5.74) is 1.24. The fourth-order valence-corrected chi connectivity index (χ4v) is 2.48. The molecule has 0 bridgehead atoms. The van der Waals surface area contributed by atoms with Crippen LogP contribution in [0.1, 0.15) is 56.2 Å². The van der Waals surface area contributed by atoms with Gasteiger partial charge in [-0.1, -0.05) is 26.0 Å². The monoisotopic (exact) mass is 285 g/mol. The van der Waals surface area contributed by atoms with Gasteiger partial charge in [-0.2, -0.15) is 11.8 Å². The third-order valence-electron chi connectivity index (χ3n) is 2.65. The van der Waals surface area contributed by atoms with Gasteiger partial charge < -0.3 is 4.74 Å². The Hall–Kier alpha value is -1.04. The van der Waals surface area contributed by atoms with Gasteiger partial charge in [0.05, 0.1) is 12.3 Å². The van der Waals surface area contributed by atoms with Gasteiger partial charge in [0, 0.05) is 6.54 Å². The SMILES string of the molecule is CCOC(=O)c1nnn(CCCSCC)c1C(C)C. The molecule has 1 aromatic rings. The highest BCUT2D eigenvalue weighted by Crippen LogP contribution is 2.19. The molecule has 0 aliphatic rings. The molecule has 0 aliphatic carbocycles. The highest BCUT2D eigenvalue weighted by Gasteiger charge is 2.22. The van der Waals surface area contributed by atoms with Crippen LogP contribution in [0.25, 0.3) is 0 Å². The minimum absolute atomic E-state index is 0.202. The van der Waals surface area contributed by atoms with Crippen molar-refractivity contribution in [2.45, 2.75) is 46.6 Å². The number of esters is 1. The third kappa shape index (κ3) is 4.53. The van der Waals surface area contributed by atoms with Crippen molar-refractivity contribution in [3.05, 3.63) is 11.4 Å². The van der Waals surface area contributed by atoms with E-state index < -0.39 is 0 Å². The Labute approximate surface area is 119 Å². The maximum absolute atomic E-state index is 11.8. The molecule has 0 aliphatic heterocycles. The molecule has 0 spiro atoms. The molecule has 19 heavy (non-hydrogen) atoms. The first-order chi connectivity index (χ1) is 9.11. The first-order valence-electron chi connectivity index (χ1n) is 6.80. The lowest BCUT2D eigenvalue weighted by atomic mass is 10.1. The number of rotatable bonds is 8. The summed E-state index contributed by atoms with van der Waals surface area (Å²) in [7, 11) is 0. The van der Waals surface area contributed by atoms with Gasteiger partial charge in [0.1, 0.15) is 0 Å². The van der Waals surface area contributed by atoms with Crippen molar-refractivity contribution >= 4 is 17.7 Å². The van der Waals surface area contributed by atoms with E-state index in [2.05, 4.69) is 17.2 Å². The maximum Gasteiger partial charge on any atom is 0.360 e. The predicted molar refractivity (Wildman–Crippen MR) is 77.7 cm³/mol. The van der Waals surface area contributed by atoms with Crippen LogP contribution in [0.2, 0.25) is 0 Å². The molecule has 0 saturated heterocycles. The normalized spacial score (nSPS) is 11.0. The molecule has 0 amide bonds. The van der Waals surface area contributed by atoms with Gasteiger partial charge in [0.25, 0.3) is 0 Å². The van der Waals surface area contributed by atoms with Gasteiger partial charge >= 0.3 is 5.97 Å². The van der Waals surface area contributed by atoms with E-state index in [9.17, 15) is 4.79 Å². The van der Waals surface area contributed by atoms with Crippen LogP contribution in [-0.4, -0.2) is 39.1 Å². The van der Waals surface area contributed by atoms with Crippen LogP contribution in [-0.2, 0) is 11.3 Å². The van der Waals surface area contributed by atoms with E-state index in [1.54, 1.807) is 6.92 Å². The van der Waals surface area contributed by atoms with E-state index in [1.165, 1.54) is 0 Å². The first kappa shape index (κ1) is 16.0. The van der Waals surface area contributed by atoms with E-state index in [-0.39, 0.29) is 11.9 Å². The van der Waals surface area contributed by atoms with E-state index in [4.69, 9.17) is 4.74 Å². The second-order valence-corrected chi connectivity index (χ2v) is 5.87. The summed E-state index contributed by atoms with van der Waals surface area (Å²) in [5, 5.41) is 8.08. The second-order valence-electron chi connectivity index (χ2n) is 4.47. The average Bonchev–Trinajstić information content (AvgIpc) is 2.79. The van der Waals surface area contributed by atoms with Crippen molar-refractivity contribution in [2.75, 3.05) is 18.1 Å². The molecule has 0 aromatic carbocycles. The second kappa shape index (κ2) is 8.19. The quantitative estimate of drug-likeness (QED) is 0.543. The highest BCUT2D eigenvalue weighted by atomic mass is 32.2. The van der Waals surface area contributed by atoms with Crippen molar-refractivity contribution in [2.24, 2.45) is 0 Å². The van der Waals surface area contributed by atoms with Crippen LogP contribution >= 0.6 is 11.8 Å². The Morgan fingerprint density at radius 1 is 1.42 bits per heavy atom. The Morgan fingerprint density at radius 2 is 2.16 bits per heavy atom. The minimum atomic E-state index is -0.375. The maximum atomic E-state index is 11.8. The molecule has 1 aromatic heterocycles. The van der Waals surface area contributed by atoms with Crippen molar-refractivity contribution < 1.29 is 9.53 Å². The smallest absolute Gasteiger partial charge is 0.360 e. The summed E-state index contributed by atoms with van der Waals surface area (Å²) in [4.78, 5) is 11.8. The van der Waals surface area contributed by atoms with Gasteiger partial charge in [0.2, 0.25) is 0 Å². The van der Waals surface area contributed by atoms with Gasteiger partial charge in [-0.25, -0.2) is 9.48 Å². The van der Waals surface area contributed by atoms with Crippen LogP contribution < -0.4 is 0 Å². The average molecular weight is 285 g/mol. The largest absolute Gasteiger partial charge is 0.461 e. The lowest BCUT2D eigenvalue weighted by Gasteiger charge is -2.10. The number of ether oxygens (including phenoxy) is 1. The van der Waals surface area contributed by atoms with E-state index in [0.29, 0.717) is 12.3 Å². The minimum Gasteiger partial charge on any atom is -0.461 e. The number of aryl methyl sites for hydroxylation is 1. The summed E-state index contributed by atoms with van der Waals surface area (Å²) < 4.78 is 6.86. The number of hydrogen-bond acceptors (Lipinski definition) is 5. The van der Waals surface area contributed by atoms with Crippen LogP contribution in [0.4, 0.5) is 0 Å². The van der Waals surface area contributed by atoms with Crippen molar-refractivity contribution in [1.29, 1.82) is 0 Å². The topological polar surface area (TPSA) is 57.0 Å². The molecular weight excluding hydrogens is 262 g/mol. The molecular formula is C13H23N3O2S. The lowest BCUT2D eigenvalue weighted by molar-refractivity contribution is 0.0517. The molecule has 0 fully saturated rings. The zero-order chi connectivity index (χ0) is 14.3. The van der Waals surface area contributed by atoms with Gasteiger partial charge in [-0.15, -0.1) is 5.10 Å². The molecule has 1 rings (SSSR count). The van der Waals surface area contributed by atoms with Crippen LogP contribution in [0.5, 0.6) is 0 Å². The fourth-order valence-electron chi connectivity index (χ4n) is 1.86. The molecule has 6 heteroatoms. The molecule has 0 atom stereocenters. The number of nitrogens with zero attached hydrogens (tertiary/aromatic N) is 3. The predicted octanol–water partition coefficient (Wildman–Crippen LogP) is 2.72. The Morgan fingerprint density at radius 3 is 2.74 bits per heavy atom. The molecule has 0 saturated carbocycles. The fraction of sp³-hybridized carbons (Fsp3) is 0.769. The van der Waals surface area contributed by atoms with E-state index in [1.807, 2.05) is 30.3 Å². The summed E-state index contributed by atoms with van der Waals surface area (Å²) in [6.07, 6.45) is 1.03. The molecule has 108 valence electrons. The molecule has 5 nitrogen and oxygen atoms in total. The summed E-state index contributed by atoms with van der Waals surface area (Å²) in [6, 6.07) is 0. The van der Waals surface area contributed by atoms with Crippen LogP contribution in [0.15, 0.2) is 0 Å². The lowest BCUT2D eigenvalue weighted by Crippen LogP contribution is -2.12. The van der Waals surface area contributed by atoms with Crippen LogP contribution in [0.3, 0.4) is 0 Å². The van der Waals surface area contributed by atoms with Crippen LogP contribution in [0, 0.1) is 0 Å².